The van der Waals surface area contributed by atoms with E-state index in [-0.39, 0.29) is 17.0 Å². The molecular weight excluding hydrogens is 272 g/mol. The molecule has 2 aromatic rings. The smallest absolute Gasteiger partial charge is 0.437 e. The molecule has 0 fully saturated rings. The van der Waals surface area contributed by atoms with Gasteiger partial charge < -0.3 is 14.5 Å². The highest BCUT2D eigenvalue weighted by Gasteiger charge is 2.13. The molecule has 0 aliphatic carbocycles. The molecule has 5 nitrogen and oxygen atoms in total. The Morgan fingerprint density at radius 1 is 1.30 bits per heavy atom. The maximum Gasteiger partial charge on any atom is 0.513 e. The number of aromatic amines is 1. The van der Waals surface area contributed by atoms with Crippen LogP contribution in [0.25, 0.3) is 11.3 Å². The zero-order chi connectivity index (χ0) is 14.7. The number of H-pyrrole nitrogens is 1. The van der Waals surface area contributed by atoms with Gasteiger partial charge in [0.25, 0.3) is 0 Å². The first-order chi connectivity index (χ1) is 9.52. The topological polar surface area (TPSA) is 68.4 Å². The second kappa shape index (κ2) is 5.52. The Balaban J connectivity index is 2.41. The normalized spacial score (nSPS) is 10.2. The number of pyridine rings is 1. The summed E-state index contributed by atoms with van der Waals surface area (Å²) in [5.74, 6) is -2.42. The van der Waals surface area contributed by atoms with Crippen LogP contribution in [0.5, 0.6) is 5.75 Å². The Kier molecular flexibility index (Phi) is 3.79. The Morgan fingerprint density at radius 3 is 2.70 bits per heavy atom. The first kappa shape index (κ1) is 13.7. The monoisotopic (exact) mass is 281 g/mol. The molecular formula is C13H9F2NO4. The summed E-state index contributed by atoms with van der Waals surface area (Å²) in [6, 6.07) is 4.58. The zero-order valence-corrected chi connectivity index (χ0v) is 10.3. The summed E-state index contributed by atoms with van der Waals surface area (Å²) in [5.41, 5.74) is -0.719. The lowest BCUT2D eigenvalue weighted by Crippen LogP contribution is -2.14. The van der Waals surface area contributed by atoms with Crippen LogP contribution < -0.4 is 10.2 Å². The maximum absolute atomic E-state index is 13.6. The maximum atomic E-state index is 13.6. The number of rotatable bonds is 2. The van der Waals surface area contributed by atoms with Gasteiger partial charge in [-0.05, 0) is 12.1 Å². The average molecular weight is 281 g/mol. The number of halogens is 2. The van der Waals surface area contributed by atoms with E-state index in [4.69, 9.17) is 0 Å². The predicted octanol–water partition coefficient (Wildman–Crippen LogP) is 2.47. The first-order valence-electron chi connectivity index (χ1n) is 5.46. The third-order valence-corrected chi connectivity index (χ3v) is 2.48. The number of methoxy groups -OCH3 is 1. The van der Waals surface area contributed by atoms with Crippen LogP contribution in [0.15, 0.2) is 35.3 Å². The number of carbonyl (C=O) groups excluding carboxylic acids is 1. The van der Waals surface area contributed by atoms with Crippen molar-refractivity contribution in [1.82, 2.24) is 4.98 Å². The van der Waals surface area contributed by atoms with Crippen molar-refractivity contribution in [2.75, 3.05) is 7.11 Å². The van der Waals surface area contributed by atoms with E-state index in [9.17, 15) is 18.4 Å². The molecule has 0 amide bonds. The van der Waals surface area contributed by atoms with Gasteiger partial charge in [0.1, 0.15) is 0 Å². The molecule has 0 saturated heterocycles. The summed E-state index contributed by atoms with van der Waals surface area (Å²) in [5, 5.41) is 0. The molecule has 0 atom stereocenters. The molecule has 2 rings (SSSR count). The van der Waals surface area contributed by atoms with Gasteiger partial charge in [-0.3, -0.25) is 4.79 Å². The molecule has 7 heteroatoms. The highest BCUT2D eigenvalue weighted by Crippen LogP contribution is 2.22. The second-order valence-corrected chi connectivity index (χ2v) is 3.73. The van der Waals surface area contributed by atoms with Crippen LogP contribution >= 0.6 is 0 Å². The summed E-state index contributed by atoms with van der Waals surface area (Å²) in [7, 11) is 1.09. The molecule has 0 spiro atoms. The van der Waals surface area contributed by atoms with E-state index in [2.05, 4.69) is 14.5 Å². The van der Waals surface area contributed by atoms with Gasteiger partial charge in [0.2, 0.25) is 5.43 Å². The number of ether oxygens (including phenoxy) is 2. The Bertz CT molecular complexity index is 712. The quantitative estimate of drug-likeness (QED) is 0.858. The Hall–Kier alpha value is -2.70. The molecule has 0 saturated carbocycles. The number of hydrogen-bond acceptors (Lipinski definition) is 4. The van der Waals surface area contributed by atoms with Crippen molar-refractivity contribution < 1.29 is 23.0 Å². The zero-order valence-electron chi connectivity index (χ0n) is 10.3. The number of benzene rings is 1. The molecule has 104 valence electrons. The molecule has 1 N–H and O–H groups in total. The van der Waals surface area contributed by atoms with Crippen molar-refractivity contribution in [2.45, 2.75) is 0 Å². The fourth-order valence-corrected chi connectivity index (χ4v) is 1.54. The summed E-state index contributed by atoms with van der Waals surface area (Å²) >= 11 is 0. The van der Waals surface area contributed by atoms with Gasteiger partial charge >= 0.3 is 6.16 Å². The van der Waals surface area contributed by atoms with Gasteiger partial charge in [0.05, 0.1) is 12.8 Å². The predicted molar refractivity (Wildman–Crippen MR) is 65.4 cm³/mol. The molecule has 0 unspecified atom stereocenters. The summed E-state index contributed by atoms with van der Waals surface area (Å²) in [4.78, 5) is 25.1. The number of hydrogen-bond donors (Lipinski definition) is 1. The Morgan fingerprint density at radius 2 is 2.05 bits per heavy atom. The molecule has 0 aliphatic rings. The van der Waals surface area contributed by atoms with E-state index in [1.54, 1.807) is 0 Å². The van der Waals surface area contributed by atoms with Crippen molar-refractivity contribution >= 4 is 6.16 Å². The van der Waals surface area contributed by atoms with Gasteiger partial charge in [-0.15, -0.1) is 0 Å². The van der Waals surface area contributed by atoms with Crippen LogP contribution in [0.2, 0.25) is 0 Å². The van der Waals surface area contributed by atoms with E-state index in [0.29, 0.717) is 0 Å². The van der Waals surface area contributed by atoms with Crippen molar-refractivity contribution in [2.24, 2.45) is 0 Å². The fraction of sp³-hybridized carbons (Fsp3) is 0.0769. The minimum Gasteiger partial charge on any atom is -0.437 e. The lowest BCUT2D eigenvalue weighted by Gasteiger charge is -2.06. The van der Waals surface area contributed by atoms with E-state index < -0.39 is 23.2 Å². The third kappa shape index (κ3) is 2.66. The van der Waals surface area contributed by atoms with Crippen molar-refractivity contribution in [3.63, 3.8) is 0 Å². The van der Waals surface area contributed by atoms with Crippen LogP contribution in [0.3, 0.4) is 0 Å². The first-order valence-corrected chi connectivity index (χ1v) is 5.46. The number of carbonyl (C=O) groups is 1. The highest BCUT2D eigenvalue weighted by molar-refractivity contribution is 5.64. The summed E-state index contributed by atoms with van der Waals surface area (Å²) < 4.78 is 35.5. The number of aromatic nitrogens is 1. The summed E-state index contributed by atoms with van der Waals surface area (Å²) in [6.45, 7) is 0. The van der Waals surface area contributed by atoms with Crippen molar-refractivity contribution in [1.29, 1.82) is 0 Å². The van der Waals surface area contributed by atoms with Gasteiger partial charge in [0, 0.05) is 17.8 Å². The highest BCUT2D eigenvalue weighted by atomic mass is 19.2. The van der Waals surface area contributed by atoms with Gasteiger partial charge in [-0.25, -0.2) is 13.6 Å². The molecule has 1 aromatic carbocycles. The van der Waals surface area contributed by atoms with Crippen LogP contribution in [-0.2, 0) is 4.74 Å². The van der Waals surface area contributed by atoms with E-state index >= 15 is 0 Å². The SMILES string of the molecule is COC(=O)Oc1c[nH]c(-c2cccc(F)c2F)cc1=O. The number of nitrogens with one attached hydrogen (secondary N) is 1. The summed E-state index contributed by atoms with van der Waals surface area (Å²) in [6.07, 6.45) is 0.0130. The van der Waals surface area contributed by atoms with Crippen LogP contribution in [0.1, 0.15) is 0 Å². The van der Waals surface area contributed by atoms with Crippen molar-refractivity contribution in [3.05, 3.63) is 52.3 Å². The largest absolute Gasteiger partial charge is 0.513 e. The minimum atomic E-state index is -1.08. The van der Waals surface area contributed by atoms with E-state index in [0.717, 1.165) is 25.4 Å². The van der Waals surface area contributed by atoms with Gasteiger partial charge in [-0.2, -0.15) is 0 Å². The van der Waals surface area contributed by atoms with Crippen LogP contribution in [0.4, 0.5) is 13.6 Å². The van der Waals surface area contributed by atoms with Gasteiger partial charge in [0.15, 0.2) is 17.4 Å². The Labute approximate surface area is 111 Å². The molecule has 0 radical (unpaired) electrons. The molecule has 1 heterocycles. The molecule has 1 aromatic heterocycles. The van der Waals surface area contributed by atoms with Crippen LogP contribution in [-0.4, -0.2) is 18.2 Å². The van der Waals surface area contributed by atoms with E-state index in [1.165, 1.54) is 12.1 Å². The third-order valence-electron chi connectivity index (χ3n) is 2.48. The molecule has 20 heavy (non-hydrogen) atoms. The fourth-order valence-electron chi connectivity index (χ4n) is 1.54. The van der Waals surface area contributed by atoms with E-state index in [1.807, 2.05) is 0 Å². The minimum absolute atomic E-state index is 0.0595. The molecule has 0 bridgehead atoms. The average Bonchev–Trinajstić information content (AvgIpc) is 2.44. The second-order valence-electron chi connectivity index (χ2n) is 3.73. The van der Waals surface area contributed by atoms with Gasteiger partial charge in [-0.1, -0.05) is 6.07 Å². The lowest BCUT2D eigenvalue weighted by atomic mass is 10.1. The lowest BCUT2D eigenvalue weighted by molar-refractivity contribution is 0.121. The van der Waals surface area contributed by atoms with Crippen LogP contribution in [0, 0.1) is 11.6 Å². The standard InChI is InChI=1S/C13H9F2NO4/c1-19-13(18)20-11-6-16-9(5-10(11)17)7-3-2-4-8(14)12(7)15/h2-6H,1H3,(H,16,17). The molecule has 0 aliphatic heterocycles. The van der Waals surface area contributed by atoms with Crippen molar-refractivity contribution in [3.8, 4) is 17.0 Å².